The maximum absolute atomic E-state index is 14.3. The lowest BCUT2D eigenvalue weighted by Gasteiger charge is -2.24. The van der Waals surface area contributed by atoms with Crippen LogP contribution in [0.4, 0.5) is 10.2 Å². The average molecular weight is 366 g/mol. The molecule has 0 aliphatic carbocycles. The molecule has 8 heteroatoms. The van der Waals surface area contributed by atoms with Gasteiger partial charge in [-0.2, -0.15) is 0 Å². The minimum atomic E-state index is -0.708. The van der Waals surface area contributed by atoms with Crippen molar-refractivity contribution in [1.82, 2.24) is 9.97 Å². The molecule has 1 aromatic heterocycles. The number of amides is 1. The molecule has 2 aromatic rings. The fourth-order valence-corrected chi connectivity index (χ4v) is 3.36. The smallest absolute Gasteiger partial charge is 0.257 e. The van der Waals surface area contributed by atoms with Crippen LogP contribution in [0.5, 0.6) is 0 Å². The molecule has 0 unspecified atom stereocenters. The zero-order chi connectivity index (χ0) is 17.3. The topological polar surface area (TPSA) is 74.8 Å². The van der Waals surface area contributed by atoms with Crippen molar-refractivity contribution in [2.75, 3.05) is 11.1 Å². The summed E-state index contributed by atoms with van der Waals surface area (Å²) in [6, 6.07) is 4.19. The van der Waals surface area contributed by atoms with Gasteiger partial charge >= 0.3 is 0 Å². The van der Waals surface area contributed by atoms with Crippen molar-refractivity contribution in [3.05, 3.63) is 63.2 Å². The Morgan fingerprint density at radius 1 is 1.46 bits per heavy atom. The van der Waals surface area contributed by atoms with Gasteiger partial charge < -0.3 is 10.3 Å². The lowest BCUT2D eigenvalue weighted by atomic mass is 9.86. The fraction of sp³-hybridized carbons (Fsp3) is 0.188. The molecule has 1 aliphatic rings. The van der Waals surface area contributed by atoms with Gasteiger partial charge in [0.2, 0.25) is 5.91 Å². The summed E-state index contributed by atoms with van der Waals surface area (Å²) < 4.78 is 14.3. The number of carbonyl (C=O) groups excluding carboxylic acids is 1. The molecule has 0 fully saturated rings. The van der Waals surface area contributed by atoms with E-state index >= 15 is 0 Å². The van der Waals surface area contributed by atoms with Crippen molar-refractivity contribution in [3.63, 3.8) is 0 Å². The van der Waals surface area contributed by atoms with Gasteiger partial charge in [0, 0.05) is 23.1 Å². The highest BCUT2D eigenvalue weighted by molar-refractivity contribution is 7.99. The van der Waals surface area contributed by atoms with Crippen LogP contribution in [0.25, 0.3) is 0 Å². The zero-order valence-electron chi connectivity index (χ0n) is 12.4. The van der Waals surface area contributed by atoms with E-state index in [1.165, 1.54) is 30.0 Å². The molecule has 2 N–H and O–H groups in total. The number of halogens is 2. The van der Waals surface area contributed by atoms with Gasteiger partial charge in [0.1, 0.15) is 11.6 Å². The molecule has 1 amide bonds. The first-order valence-corrected chi connectivity index (χ1v) is 8.48. The third-order valence-corrected chi connectivity index (χ3v) is 4.71. The number of aromatic nitrogens is 2. The first-order chi connectivity index (χ1) is 11.5. The van der Waals surface area contributed by atoms with Crippen LogP contribution in [0, 0.1) is 5.82 Å². The van der Waals surface area contributed by atoms with Gasteiger partial charge in [0.05, 0.1) is 5.56 Å². The summed E-state index contributed by atoms with van der Waals surface area (Å²) in [5, 5.41) is 3.21. The summed E-state index contributed by atoms with van der Waals surface area (Å²) in [5.74, 6) is -0.857. The van der Waals surface area contributed by atoms with E-state index in [0.717, 1.165) is 0 Å². The number of H-pyrrole nitrogens is 1. The SMILES string of the molecule is C=CCSc1nc2c(c(=O)[nH]1)[C@@H](c1ccc(Cl)cc1F)CC(=O)N2. The van der Waals surface area contributed by atoms with Crippen LogP contribution in [0.3, 0.4) is 0 Å². The molecule has 1 atom stereocenters. The van der Waals surface area contributed by atoms with Gasteiger partial charge in [0.15, 0.2) is 5.16 Å². The molecule has 24 heavy (non-hydrogen) atoms. The summed E-state index contributed by atoms with van der Waals surface area (Å²) in [6.45, 7) is 3.60. The normalized spacial score (nSPS) is 16.4. The molecule has 1 aliphatic heterocycles. The minimum Gasteiger partial charge on any atom is -0.310 e. The van der Waals surface area contributed by atoms with E-state index in [2.05, 4.69) is 21.9 Å². The molecule has 0 saturated carbocycles. The zero-order valence-corrected chi connectivity index (χ0v) is 14.0. The number of aromatic amines is 1. The highest BCUT2D eigenvalue weighted by Crippen LogP contribution is 2.36. The van der Waals surface area contributed by atoms with Crippen molar-refractivity contribution >= 4 is 35.1 Å². The van der Waals surface area contributed by atoms with E-state index in [-0.39, 0.29) is 34.3 Å². The van der Waals surface area contributed by atoms with Crippen LogP contribution < -0.4 is 10.9 Å². The van der Waals surface area contributed by atoms with E-state index in [1.54, 1.807) is 6.08 Å². The second-order valence-electron chi connectivity index (χ2n) is 5.20. The standard InChI is InChI=1S/C16H13ClFN3O2S/c1-2-5-24-16-20-14-13(15(23)21-16)10(7-12(22)19-14)9-4-3-8(17)6-11(9)18/h2-4,6,10H,1,5,7H2,(H2,19,20,21,22,23)/t10-/m1/s1. The lowest BCUT2D eigenvalue weighted by molar-refractivity contribution is -0.116. The molecular weight excluding hydrogens is 353 g/mol. The third kappa shape index (κ3) is 3.22. The first kappa shape index (κ1) is 16.7. The maximum Gasteiger partial charge on any atom is 0.257 e. The molecule has 0 bridgehead atoms. The summed E-state index contributed by atoms with van der Waals surface area (Å²) in [7, 11) is 0. The van der Waals surface area contributed by atoms with Crippen LogP contribution >= 0.6 is 23.4 Å². The summed E-state index contributed by atoms with van der Waals surface area (Å²) >= 11 is 7.06. The van der Waals surface area contributed by atoms with Crippen LogP contribution in [0.2, 0.25) is 5.02 Å². The van der Waals surface area contributed by atoms with E-state index < -0.39 is 17.3 Å². The monoisotopic (exact) mass is 365 g/mol. The Labute approximate surface area is 146 Å². The Bertz CT molecular complexity index is 884. The highest BCUT2D eigenvalue weighted by Gasteiger charge is 2.32. The van der Waals surface area contributed by atoms with Crippen LogP contribution in [-0.2, 0) is 4.79 Å². The molecule has 1 aromatic carbocycles. The minimum absolute atomic E-state index is 0.0323. The van der Waals surface area contributed by atoms with Crippen LogP contribution in [0.1, 0.15) is 23.5 Å². The van der Waals surface area contributed by atoms with Gasteiger partial charge in [0.25, 0.3) is 5.56 Å². The maximum atomic E-state index is 14.3. The number of thioether (sulfide) groups is 1. The molecule has 5 nitrogen and oxygen atoms in total. The Hall–Kier alpha value is -2.12. The quantitative estimate of drug-likeness (QED) is 0.495. The molecule has 0 spiro atoms. The number of anilines is 1. The Morgan fingerprint density at radius 3 is 2.96 bits per heavy atom. The van der Waals surface area contributed by atoms with Crippen molar-refractivity contribution in [3.8, 4) is 0 Å². The molecule has 2 heterocycles. The summed E-state index contributed by atoms with van der Waals surface area (Å²) in [5.41, 5.74) is 0.0963. The Balaban J connectivity index is 2.11. The van der Waals surface area contributed by atoms with E-state index in [4.69, 9.17) is 11.6 Å². The summed E-state index contributed by atoms with van der Waals surface area (Å²) in [4.78, 5) is 31.4. The van der Waals surface area contributed by atoms with Crippen molar-refractivity contribution in [2.45, 2.75) is 17.5 Å². The molecule has 0 radical (unpaired) electrons. The number of benzene rings is 1. The highest BCUT2D eigenvalue weighted by atomic mass is 35.5. The number of rotatable bonds is 4. The second-order valence-corrected chi connectivity index (χ2v) is 6.65. The number of hydrogen-bond donors (Lipinski definition) is 2. The van der Waals surface area contributed by atoms with Crippen molar-refractivity contribution in [2.24, 2.45) is 0 Å². The number of nitrogens with one attached hydrogen (secondary N) is 2. The van der Waals surface area contributed by atoms with E-state index in [0.29, 0.717) is 10.9 Å². The van der Waals surface area contributed by atoms with Crippen LogP contribution in [-0.4, -0.2) is 21.6 Å². The fourth-order valence-electron chi connectivity index (χ4n) is 2.61. The number of nitrogens with zero attached hydrogens (tertiary/aromatic N) is 1. The second kappa shape index (κ2) is 6.78. The van der Waals surface area contributed by atoms with Gasteiger partial charge in [-0.3, -0.25) is 9.59 Å². The number of carbonyl (C=O) groups is 1. The lowest BCUT2D eigenvalue weighted by Crippen LogP contribution is -2.31. The molecule has 124 valence electrons. The molecule has 3 rings (SSSR count). The van der Waals surface area contributed by atoms with E-state index in [9.17, 15) is 14.0 Å². The van der Waals surface area contributed by atoms with Gasteiger partial charge in [-0.1, -0.05) is 35.5 Å². The molecule has 0 saturated heterocycles. The number of hydrogen-bond acceptors (Lipinski definition) is 4. The van der Waals surface area contributed by atoms with Gasteiger partial charge in [-0.25, -0.2) is 9.37 Å². The molecular formula is C16H13ClFN3O2S. The van der Waals surface area contributed by atoms with Crippen molar-refractivity contribution < 1.29 is 9.18 Å². The van der Waals surface area contributed by atoms with Gasteiger partial charge in [-0.15, -0.1) is 6.58 Å². The van der Waals surface area contributed by atoms with Crippen molar-refractivity contribution in [1.29, 1.82) is 0 Å². The largest absolute Gasteiger partial charge is 0.310 e. The third-order valence-electron chi connectivity index (χ3n) is 3.61. The number of fused-ring (bicyclic) bond motifs is 1. The predicted octanol–water partition coefficient (Wildman–Crippen LogP) is 3.31. The average Bonchev–Trinajstić information content (AvgIpc) is 2.51. The van der Waals surface area contributed by atoms with Crippen LogP contribution in [0.15, 0.2) is 40.8 Å². The van der Waals surface area contributed by atoms with Gasteiger partial charge in [-0.05, 0) is 17.7 Å². The summed E-state index contributed by atoms with van der Waals surface area (Å²) in [6.07, 6.45) is 1.64. The first-order valence-electron chi connectivity index (χ1n) is 7.12. The Kier molecular flexibility index (Phi) is 4.73. The predicted molar refractivity (Wildman–Crippen MR) is 92.3 cm³/mol. The Morgan fingerprint density at radius 2 is 2.25 bits per heavy atom. The van der Waals surface area contributed by atoms with E-state index in [1.807, 2.05) is 0 Å².